The molecule has 1 N–H and O–H groups in total. The van der Waals surface area contributed by atoms with Crippen molar-refractivity contribution in [2.75, 3.05) is 27.4 Å². The molecule has 6 heteroatoms. The first-order valence-electron chi connectivity index (χ1n) is 7.69. The maximum atomic E-state index is 12.3. The van der Waals surface area contributed by atoms with Gasteiger partial charge in [-0.3, -0.25) is 9.48 Å². The van der Waals surface area contributed by atoms with Crippen LogP contribution in [0.4, 0.5) is 0 Å². The number of aryl methyl sites for hydroxylation is 1. The predicted molar refractivity (Wildman–Crippen MR) is 88.7 cm³/mol. The number of hydrogen-bond donors (Lipinski definition) is 1. The lowest BCUT2D eigenvalue weighted by Gasteiger charge is -2.05. The molecule has 1 heterocycles. The highest BCUT2D eigenvalue weighted by Gasteiger charge is 2.15. The number of ether oxygens (including phenoxy) is 2. The minimum Gasteiger partial charge on any atom is -0.497 e. The van der Waals surface area contributed by atoms with Crippen molar-refractivity contribution in [3.63, 3.8) is 0 Å². The standard InChI is InChI=1S/C17H23N3O3/c1-4-20-16(17(21)18-9-6-10-22-2)12-15(19-20)13-7-5-8-14(11-13)23-3/h5,7-8,11-12H,4,6,9-10H2,1-3H3,(H,18,21). The number of nitrogens with one attached hydrogen (secondary N) is 1. The molecule has 0 unspecified atom stereocenters. The van der Waals surface area contributed by atoms with E-state index < -0.39 is 0 Å². The van der Waals surface area contributed by atoms with Gasteiger partial charge in [-0.25, -0.2) is 0 Å². The molecule has 6 nitrogen and oxygen atoms in total. The Kier molecular flexibility index (Phi) is 6.17. The van der Waals surface area contributed by atoms with Crippen molar-refractivity contribution in [2.24, 2.45) is 0 Å². The van der Waals surface area contributed by atoms with Crippen molar-refractivity contribution in [1.82, 2.24) is 15.1 Å². The summed E-state index contributed by atoms with van der Waals surface area (Å²) < 4.78 is 11.9. The smallest absolute Gasteiger partial charge is 0.269 e. The molecule has 0 fully saturated rings. The predicted octanol–water partition coefficient (Wildman–Crippen LogP) is 2.34. The Morgan fingerprint density at radius 2 is 2.13 bits per heavy atom. The number of rotatable bonds is 8. The Bertz CT molecular complexity index is 652. The molecule has 0 bridgehead atoms. The largest absolute Gasteiger partial charge is 0.497 e. The van der Waals surface area contributed by atoms with E-state index in [1.54, 1.807) is 18.9 Å². The van der Waals surface area contributed by atoms with E-state index in [2.05, 4.69) is 10.4 Å². The molecule has 0 aliphatic carbocycles. The summed E-state index contributed by atoms with van der Waals surface area (Å²) in [6.45, 7) is 3.80. The van der Waals surface area contributed by atoms with Crippen LogP contribution in [0.5, 0.6) is 5.75 Å². The molecule has 2 aromatic rings. The molecule has 0 aliphatic heterocycles. The van der Waals surface area contributed by atoms with Crippen molar-refractivity contribution in [1.29, 1.82) is 0 Å². The van der Waals surface area contributed by atoms with Crippen LogP contribution in [0.15, 0.2) is 30.3 Å². The van der Waals surface area contributed by atoms with Crippen LogP contribution >= 0.6 is 0 Å². The molecule has 23 heavy (non-hydrogen) atoms. The van der Waals surface area contributed by atoms with E-state index in [4.69, 9.17) is 9.47 Å². The van der Waals surface area contributed by atoms with Crippen LogP contribution in [0.2, 0.25) is 0 Å². The normalized spacial score (nSPS) is 10.6. The monoisotopic (exact) mass is 317 g/mol. The Hall–Kier alpha value is -2.34. The van der Waals surface area contributed by atoms with Crippen LogP contribution < -0.4 is 10.1 Å². The molecular formula is C17H23N3O3. The average Bonchev–Trinajstić information content (AvgIpc) is 3.03. The number of hydrogen-bond acceptors (Lipinski definition) is 4. The number of amides is 1. The summed E-state index contributed by atoms with van der Waals surface area (Å²) in [5.41, 5.74) is 2.24. The van der Waals surface area contributed by atoms with E-state index in [1.165, 1.54) is 0 Å². The summed E-state index contributed by atoms with van der Waals surface area (Å²) in [7, 11) is 3.27. The van der Waals surface area contributed by atoms with E-state index in [1.807, 2.05) is 37.3 Å². The lowest BCUT2D eigenvalue weighted by Crippen LogP contribution is -2.27. The van der Waals surface area contributed by atoms with E-state index in [9.17, 15) is 4.79 Å². The van der Waals surface area contributed by atoms with E-state index in [0.29, 0.717) is 25.4 Å². The zero-order valence-electron chi connectivity index (χ0n) is 13.8. The van der Waals surface area contributed by atoms with Crippen LogP contribution in [0, 0.1) is 0 Å². The summed E-state index contributed by atoms with van der Waals surface area (Å²) in [6, 6.07) is 9.45. The zero-order valence-corrected chi connectivity index (χ0v) is 13.8. The number of carbonyl (C=O) groups is 1. The van der Waals surface area contributed by atoms with Gasteiger partial charge in [-0.05, 0) is 31.5 Å². The molecular weight excluding hydrogens is 294 g/mol. The average molecular weight is 317 g/mol. The highest BCUT2D eigenvalue weighted by Crippen LogP contribution is 2.23. The lowest BCUT2D eigenvalue weighted by molar-refractivity contribution is 0.0938. The van der Waals surface area contributed by atoms with Crippen LogP contribution in [-0.4, -0.2) is 43.1 Å². The first kappa shape index (κ1) is 17.0. The van der Waals surface area contributed by atoms with Gasteiger partial charge in [-0.2, -0.15) is 5.10 Å². The van der Waals surface area contributed by atoms with Gasteiger partial charge in [-0.15, -0.1) is 0 Å². The van der Waals surface area contributed by atoms with Gasteiger partial charge in [-0.1, -0.05) is 12.1 Å². The molecule has 1 amide bonds. The summed E-state index contributed by atoms with van der Waals surface area (Å²) >= 11 is 0. The fourth-order valence-electron chi connectivity index (χ4n) is 2.27. The van der Waals surface area contributed by atoms with Crippen molar-refractivity contribution in [2.45, 2.75) is 19.9 Å². The van der Waals surface area contributed by atoms with Gasteiger partial charge in [0.25, 0.3) is 5.91 Å². The van der Waals surface area contributed by atoms with Crippen LogP contribution in [0.25, 0.3) is 11.3 Å². The highest BCUT2D eigenvalue weighted by atomic mass is 16.5. The summed E-state index contributed by atoms with van der Waals surface area (Å²) in [4.78, 5) is 12.3. The Morgan fingerprint density at radius 1 is 1.30 bits per heavy atom. The Labute approximate surface area is 136 Å². The molecule has 0 spiro atoms. The third-order valence-electron chi connectivity index (χ3n) is 3.49. The van der Waals surface area contributed by atoms with Crippen LogP contribution in [0.1, 0.15) is 23.8 Å². The number of methoxy groups -OCH3 is 2. The summed E-state index contributed by atoms with van der Waals surface area (Å²) in [6.07, 6.45) is 0.783. The Balaban J connectivity index is 2.18. The van der Waals surface area contributed by atoms with E-state index >= 15 is 0 Å². The lowest BCUT2D eigenvalue weighted by atomic mass is 10.1. The molecule has 1 aromatic heterocycles. The van der Waals surface area contributed by atoms with Crippen LogP contribution in [-0.2, 0) is 11.3 Å². The first-order valence-corrected chi connectivity index (χ1v) is 7.69. The second-order valence-electron chi connectivity index (χ2n) is 5.06. The number of benzene rings is 1. The van der Waals surface area contributed by atoms with Crippen molar-refractivity contribution in [3.8, 4) is 17.0 Å². The van der Waals surface area contributed by atoms with Crippen molar-refractivity contribution < 1.29 is 14.3 Å². The molecule has 0 saturated heterocycles. The molecule has 2 rings (SSSR count). The minimum absolute atomic E-state index is 0.121. The van der Waals surface area contributed by atoms with Gasteiger partial charge in [0.15, 0.2) is 0 Å². The molecule has 1 aromatic carbocycles. The first-order chi connectivity index (χ1) is 11.2. The molecule has 0 atom stereocenters. The van der Waals surface area contributed by atoms with Gasteiger partial charge in [0, 0.05) is 32.4 Å². The van der Waals surface area contributed by atoms with Gasteiger partial charge in [0.05, 0.1) is 12.8 Å². The minimum atomic E-state index is -0.121. The maximum Gasteiger partial charge on any atom is 0.269 e. The van der Waals surface area contributed by atoms with Crippen LogP contribution in [0.3, 0.4) is 0 Å². The zero-order chi connectivity index (χ0) is 16.7. The molecule has 0 saturated carbocycles. The fraction of sp³-hybridized carbons (Fsp3) is 0.412. The second-order valence-corrected chi connectivity index (χ2v) is 5.06. The summed E-state index contributed by atoms with van der Waals surface area (Å²) in [5, 5.41) is 7.41. The van der Waals surface area contributed by atoms with Gasteiger partial charge < -0.3 is 14.8 Å². The third kappa shape index (κ3) is 4.32. The maximum absolute atomic E-state index is 12.3. The number of carbonyl (C=O) groups excluding carboxylic acids is 1. The number of nitrogens with zero attached hydrogens (tertiary/aromatic N) is 2. The van der Waals surface area contributed by atoms with E-state index in [-0.39, 0.29) is 5.91 Å². The third-order valence-corrected chi connectivity index (χ3v) is 3.49. The molecule has 0 aliphatic rings. The quantitative estimate of drug-likeness (QED) is 0.759. The summed E-state index contributed by atoms with van der Waals surface area (Å²) in [5.74, 6) is 0.642. The molecule has 124 valence electrons. The van der Waals surface area contributed by atoms with E-state index in [0.717, 1.165) is 23.4 Å². The molecule has 0 radical (unpaired) electrons. The second kappa shape index (κ2) is 8.33. The van der Waals surface area contributed by atoms with Gasteiger partial charge >= 0.3 is 0 Å². The fourth-order valence-corrected chi connectivity index (χ4v) is 2.27. The van der Waals surface area contributed by atoms with Gasteiger partial charge in [0.2, 0.25) is 0 Å². The highest BCUT2D eigenvalue weighted by molar-refractivity contribution is 5.93. The Morgan fingerprint density at radius 3 is 2.83 bits per heavy atom. The topological polar surface area (TPSA) is 65.4 Å². The van der Waals surface area contributed by atoms with Gasteiger partial charge in [0.1, 0.15) is 11.4 Å². The SMILES string of the molecule is CCn1nc(-c2cccc(OC)c2)cc1C(=O)NCCCOC. The van der Waals surface area contributed by atoms with Crippen molar-refractivity contribution >= 4 is 5.91 Å². The van der Waals surface area contributed by atoms with Crippen molar-refractivity contribution in [3.05, 3.63) is 36.0 Å². The number of aromatic nitrogens is 2.